The lowest BCUT2D eigenvalue weighted by atomic mass is 9.94. The fourth-order valence-electron chi connectivity index (χ4n) is 3.28. The first-order chi connectivity index (χ1) is 13.0. The second-order valence-corrected chi connectivity index (χ2v) is 7.26. The smallest absolute Gasteiger partial charge is 0.319 e. The number of urea groups is 1. The van der Waals surface area contributed by atoms with Crippen LogP contribution >= 0.6 is 0 Å². The SMILES string of the molecule is CCc1cc(NC(=O)NCCO)c(CC(C)C)cc1C(=O)N1CCNCC1. The minimum atomic E-state index is -0.350. The van der Waals surface area contributed by atoms with Crippen molar-refractivity contribution in [1.82, 2.24) is 15.5 Å². The van der Waals surface area contributed by atoms with Gasteiger partial charge in [0.2, 0.25) is 0 Å². The Bertz CT molecular complexity index is 655. The molecule has 0 atom stereocenters. The van der Waals surface area contributed by atoms with Crippen molar-refractivity contribution in [2.45, 2.75) is 33.6 Å². The highest BCUT2D eigenvalue weighted by Gasteiger charge is 2.22. The molecule has 1 aromatic carbocycles. The number of benzene rings is 1. The number of hydrogen-bond donors (Lipinski definition) is 4. The molecule has 1 aromatic rings. The lowest BCUT2D eigenvalue weighted by Crippen LogP contribution is -2.46. The Hall–Kier alpha value is -2.12. The summed E-state index contributed by atoms with van der Waals surface area (Å²) in [6, 6.07) is 3.52. The molecule has 150 valence electrons. The number of piperazine rings is 1. The van der Waals surface area contributed by atoms with Gasteiger partial charge in [-0.2, -0.15) is 0 Å². The molecule has 27 heavy (non-hydrogen) atoms. The monoisotopic (exact) mass is 376 g/mol. The molecule has 1 aliphatic rings. The highest BCUT2D eigenvalue weighted by atomic mass is 16.3. The Labute approximate surface area is 161 Å². The molecule has 1 aliphatic heterocycles. The van der Waals surface area contributed by atoms with Gasteiger partial charge in [-0.25, -0.2) is 4.79 Å². The number of amides is 3. The maximum absolute atomic E-state index is 13.1. The molecule has 1 saturated heterocycles. The van der Waals surface area contributed by atoms with Gasteiger partial charge in [-0.05, 0) is 42.0 Å². The number of aliphatic hydroxyl groups is 1. The van der Waals surface area contributed by atoms with Gasteiger partial charge in [0.15, 0.2) is 0 Å². The number of carbonyl (C=O) groups excluding carboxylic acids is 2. The van der Waals surface area contributed by atoms with E-state index in [2.05, 4.69) is 29.8 Å². The van der Waals surface area contributed by atoms with E-state index in [0.717, 1.165) is 41.9 Å². The molecular weight excluding hydrogens is 344 g/mol. The number of anilines is 1. The van der Waals surface area contributed by atoms with Crippen LogP contribution in [0.2, 0.25) is 0 Å². The third-order valence-corrected chi connectivity index (χ3v) is 4.62. The van der Waals surface area contributed by atoms with E-state index in [1.807, 2.05) is 24.0 Å². The normalized spacial score (nSPS) is 14.3. The fraction of sp³-hybridized carbons (Fsp3) is 0.600. The van der Waals surface area contributed by atoms with Gasteiger partial charge in [0, 0.05) is 44.0 Å². The van der Waals surface area contributed by atoms with Crippen LogP contribution in [0.15, 0.2) is 12.1 Å². The molecule has 0 aromatic heterocycles. The summed E-state index contributed by atoms with van der Waals surface area (Å²) in [5, 5.41) is 17.6. The third-order valence-electron chi connectivity index (χ3n) is 4.62. The molecule has 0 radical (unpaired) electrons. The van der Waals surface area contributed by atoms with Crippen molar-refractivity contribution in [2.75, 3.05) is 44.6 Å². The summed E-state index contributed by atoms with van der Waals surface area (Å²) >= 11 is 0. The molecular formula is C20H32N4O3. The molecule has 4 N–H and O–H groups in total. The minimum Gasteiger partial charge on any atom is -0.395 e. The molecule has 0 aliphatic carbocycles. The molecule has 7 nitrogen and oxygen atoms in total. The van der Waals surface area contributed by atoms with E-state index in [0.29, 0.717) is 25.4 Å². The van der Waals surface area contributed by atoms with Crippen molar-refractivity contribution in [3.63, 3.8) is 0 Å². The summed E-state index contributed by atoms with van der Waals surface area (Å²) < 4.78 is 0. The zero-order valence-electron chi connectivity index (χ0n) is 16.6. The molecule has 1 fully saturated rings. The standard InChI is InChI=1S/C20H32N4O3/c1-4-15-13-18(23-20(27)22-7-10-25)16(11-14(2)3)12-17(15)19(26)24-8-5-21-6-9-24/h12-14,21,25H,4-11H2,1-3H3,(H2,22,23,27). The van der Waals surface area contributed by atoms with E-state index in [9.17, 15) is 9.59 Å². The van der Waals surface area contributed by atoms with Gasteiger partial charge in [-0.1, -0.05) is 20.8 Å². The van der Waals surface area contributed by atoms with Crippen molar-refractivity contribution in [3.8, 4) is 0 Å². The Morgan fingerprint density at radius 1 is 1.22 bits per heavy atom. The number of nitrogens with zero attached hydrogens (tertiary/aromatic N) is 1. The van der Waals surface area contributed by atoms with Crippen molar-refractivity contribution < 1.29 is 14.7 Å². The number of aryl methyl sites for hydroxylation is 1. The van der Waals surface area contributed by atoms with Crippen LogP contribution in [-0.4, -0.2) is 61.3 Å². The van der Waals surface area contributed by atoms with Crippen LogP contribution in [0, 0.1) is 5.92 Å². The lowest BCUT2D eigenvalue weighted by molar-refractivity contribution is 0.0734. The predicted molar refractivity (Wildman–Crippen MR) is 107 cm³/mol. The lowest BCUT2D eigenvalue weighted by Gasteiger charge is -2.28. The third kappa shape index (κ3) is 5.94. The van der Waals surface area contributed by atoms with Gasteiger partial charge in [-0.3, -0.25) is 4.79 Å². The van der Waals surface area contributed by atoms with Crippen LogP contribution in [0.5, 0.6) is 0 Å². The molecule has 0 saturated carbocycles. The van der Waals surface area contributed by atoms with Gasteiger partial charge >= 0.3 is 6.03 Å². The van der Waals surface area contributed by atoms with Crippen LogP contribution < -0.4 is 16.0 Å². The van der Waals surface area contributed by atoms with Gasteiger partial charge in [0.25, 0.3) is 5.91 Å². The van der Waals surface area contributed by atoms with Gasteiger partial charge in [0.05, 0.1) is 6.61 Å². The molecule has 3 amide bonds. The van der Waals surface area contributed by atoms with E-state index in [1.54, 1.807) is 0 Å². The summed E-state index contributed by atoms with van der Waals surface area (Å²) in [5.74, 6) is 0.454. The topological polar surface area (TPSA) is 93.7 Å². The highest BCUT2D eigenvalue weighted by Crippen LogP contribution is 2.26. The van der Waals surface area contributed by atoms with E-state index < -0.39 is 0 Å². The zero-order valence-corrected chi connectivity index (χ0v) is 16.6. The number of aliphatic hydroxyl groups excluding tert-OH is 1. The second-order valence-electron chi connectivity index (χ2n) is 7.26. The molecule has 2 rings (SSSR count). The summed E-state index contributed by atoms with van der Waals surface area (Å²) in [6.45, 7) is 9.39. The quantitative estimate of drug-likeness (QED) is 0.582. The first-order valence-electron chi connectivity index (χ1n) is 9.77. The van der Waals surface area contributed by atoms with Crippen LogP contribution in [0.4, 0.5) is 10.5 Å². The van der Waals surface area contributed by atoms with Crippen molar-refractivity contribution in [1.29, 1.82) is 0 Å². The van der Waals surface area contributed by atoms with Crippen molar-refractivity contribution in [2.24, 2.45) is 5.92 Å². The largest absolute Gasteiger partial charge is 0.395 e. The second kappa shape index (κ2) is 10.3. The van der Waals surface area contributed by atoms with Gasteiger partial charge in [-0.15, -0.1) is 0 Å². The van der Waals surface area contributed by atoms with E-state index >= 15 is 0 Å². The van der Waals surface area contributed by atoms with Crippen LogP contribution in [0.25, 0.3) is 0 Å². The number of rotatable bonds is 7. The number of hydrogen-bond acceptors (Lipinski definition) is 4. The summed E-state index contributed by atoms with van der Waals surface area (Å²) in [7, 11) is 0. The van der Waals surface area contributed by atoms with E-state index in [-0.39, 0.29) is 25.1 Å². The van der Waals surface area contributed by atoms with Crippen molar-refractivity contribution in [3.05, 3.63) is 28.8 Å². The molecule has 1 heterocycles. The number of carbonyl (C=O) groups is 2. The Morgan fingerprint density at radius 3 is 2.52 bits per heavy atom. The first-order valence-corrected chi connectivity index (χ1v) is 9.77. The summed E-state index contributed by atoms with van der Waals surface area (Å²) in [4.78, 5) is 27.0. The molecule has 7 heteroatoms. The first kappa shape index (κ1) is 21.2. The van der Waals surface area contributed by atoms with E-state index in [4.69, 9.17) is 5.11 Å². The molecule has 0 bridgehead atoms. The predicted octanol–water partition coefficient (Wildman–Crippen LogP) is 1.61. The Morgan fingerprint density at radius 2 is 1.93 bits per heavy atom. The average molecular weight is 377 g/mol. The van der Waals surface area contributed by atoms with Crippen molar-refractivity contribution >= 4 is 17.6 Å². The number of nitrogens with one attached hydrogen (secondary N) is 3. The Kier molecular flexibility index (Phi) is 8.06. The summed E-state index contributed by atoms with van der Waals surface area (Å²) in [5.41, 5.74) is 3.35. The minimum absolute atomic E-state index is 0.0645. The maximum Gasteiger partial charge on any atom is 0.319 e. The van der Waals surface area contributed by atoms with Crippen LogP contribution in [0.1, 0.15) is 42.3 Å². The van der Waals surface area contributed by atoms with Gasteiger partial charge in [0.1, 0.15) is 0 Å². The fourth-order valence-corrected chi connectivity index (χ4v) is 3.28. The Balaban J connectivity index is 2.34. The van der Waals surface area contributed by atoms with Crippen LogP contribution in [-0.2, 0) is 12.8 Å². The molecule has 0 spiro atoms. The van der Waals surface area contributed by atoms with Gasteiger partial charge < -0.3 is 26.0 Å². The van der Waals surface area contributed by atoms with Crippen LogP contribution in [0.3, 0.4) is 0 Å². The maximum atomic E-state index is 13.1. The molecule has 0 unspecified atom stereocenters. The zero-order chi connectivity index (χ0) is 19.8. The average Bonchev–Trinajstić information content (AvgIpc) is 2.67. The van der Waals surface area contributed by atoms with E-state index in [1.165, 1.54) is 0 Å². The summed E-state index contributed by atoms with van der Waals surface area (Å²) in [6.07, 6.45) is 1.48. The highest BCUT2D eigenvalue weighted by molar-refractivity contribution is 5.98.